The Balaban J connectivity index is 1.17. The summed E-state index contributed by atoms with van der Waals surface area (Å²) in [6, 6.07) is 4.56. The number of halogens is 1. The average Bonchev–Trinajstić information content (AvgIpc) is 3.48. The fourth-order valence-electron chi connectivity index (χ4n) is 4.55. The molecule has 10 nitrogen and oxygen atoms in total. The van der Waals surface area contributed by atoms with E-state index in [0.717, 1.165) is 52.8 Å². The van der Waals surface area contributed by atoms with Gasteiger partial charge in [-0.3, -0.25) is 4.90 Å². The van der Waals surface area contributed by atoms with Crippen LogP contribution in [-0.4, -0.2) is 66.8 Å². The molecule has 2 fully saturated rings. The van der Waals surface area contributed by atoms with E-state index < -0.39 is 0 Å². The van der Waals surface area contributed by atoms with E-state index >= 15 is 0 Å². The zero-order chi connectivity index (χ0) is 24.1. The number of aromatic nitrogens is 6. The summed E-state index contributed by atoms with van der Waals surface area (Å²) < 4.78 is 2.34. The van der Waals surface area contributed by atoms with Gasteiger partial charge in [0.25, 0.3) is 0 Å². The number of nitrogens with one attached hydrogen (secondary N) is 1. The molecule has 1 saturated carbocycles. The summed E-state index contributed by atoms with van der Waals surface area (Å²) >= 11 is 7.68. The van der Waals surface area contributed by atoms with E-state index in [1.54, 1.807) is 6.20 Å². The van der Waals surface area contributed by atoms with Gasteiger partial charge in [0.05, 0.1) is 22.1 Å². The minimum atomic E-state index is 0.140. The molecule has 1 aliphatic heterocycles. The smallest absolute Gasteiger partial charge is 0.248 e. The Morgan fingerprint density at radius 3 is 2.80 bits per heavy atom. The van der Waals surface area contributed by atoms with Gasteiger partial charge in [0, 0.05) is 32.2 Å². The number of thiophene rings is 1. The van der Waals surface area contributed by atoms with Crippen LogP contribution < -0.4 is 16.0 Å². The Morgan fingerprint density at radius 2 is 2.06 bits per heavy atom. The second-order valence-corrected chi connectivity index (χ2v) is 10.6. The number of piperazine rings is 1. The van der Waals surface area contributed by atoms with Gasteiger partial charge in [-0.2, -0.15) is 14.6 Å². The van der Waals surface area contributed by atoms with E-state index in [-0.39, 0.29) is 11.2 Å². The number of fused-ring (bicyclic) bond motifs is 1. The molecule has 0 bridgehead atoms. The number of anilines is 4. The lowest BCUT2D eigenvalue weighted by atomic mass is 10.1. The van der Waals surface area contributed by atoms with Gasteiger partial charge in [0.1, 0.15) is 5.82 Å². The molecule has 6 rings (SSSR count). The molecule has 0 amide bonds. The molecule has 0 radical (unpaired) electrons. The van der Waals surface area contributed by atoms with E-state index in [9.17, 15) is 0 Å². The molecule has 4 aromatic heterocycles. The normalized spacial score (nSPS) is 18.9. The van der Waals surface area contributed by atoms with Crippen molar-refractivity contribution in [2.45, 2.75) is 32.7 Å². The van der Waals surface area contributed by atoms with Crippen molar-refractivity contribution in [1.82, 2.24) is 34.6 Å². The fraction of sp³-hybridized carbons (Fsp3) is 0.435. The lowest BCUT2D eigenvalue weighted by molar-refractivity contribution is 0.181. The Kier molecular flexibility index (Phi) is 5.70. The van der Waals surface area contributed by atoms with Crippen LogP contribution in [0.5, 0.6) is 0 Å². The van der Waals surface area contributed by atoms with E-state index in [1.165, 1.54) is 35.4 Å². The third-order valence-electron chi connectivity index (χ3n) is 6.66. The molecule has 2 aliphatic rings. The van der Waals surface area contributed by atoms with Crippen molar-refractivity contribution >= 4 is 56.6 Å². The number of aryl methyl sites for hydroxylation is 1. The first-order chi connectivity index (χ1) is 16.9. The van der Waals surface area contributed by atoms with Gasteiger partial charge in [0.15, 0.2) is 5.82 Å². The molecule has 182 valence electrons. The lowest BCUT2D eigenvalue weighted by Gasteiger charge is -2.40. The summed E-state index contributed by atoms with van der Waals surface area (Å²) in [5.74, 6) is 2.98. The van der Waals surface area contributed by atoms with Gasteiger partial charge in [-0.15, -0.1) is 16.4 Å². The van der Waals surface area contributed by atoms with Crippen molar-refractivity contribution in [2.24, 2.45) is 5.92 Å². The van der Waals surface area contributed by atoms with Crippen molar-refractivity contribution in [3.8, 4) is 5.82 Å². The molecule has 0 aromatic carbocycles. The highest BCUT2D eigenvalue weighted by molar-refractivity contribution is 7.17. The largest absolute Gasteiger partial charge is 0.368 e. The number of nitrogen functional groups attached to an aromatic ring is 1. The molecule has 5 heterocycles. The summed E-state index contributed by atoms with van der Waals surface area (Å²) in [5, 5.41) is 9.86. The Labute approximate surface area is 212 Å². The third-order valence-corrected chi connectivity index (χ3v) is 7.92. The molecule has 0 unspecified atom stereocenters. The molecule has 3 N–H and O–H groups in total. The van der Waals surface area contributed by atoms with Gasteiger partial charge < -0.3 is 16.0 Å². The van der Waals surface area contributed by atoms with Crippen LogP contribution in [0.1, 0.15) is 25.3 Å². The first-order valence-corrected chi connectivity index (χ1v) is 13.1. The fourth-order valence-corrected chi connectivity index (χ4v) is 5.68. The molecule has 35 heavy (non-hydrogen) atoms. The number of rotatable bonds is 6. The molecular formula is C23H27ClN10S. The SMILES string of the molecule is Cc1csc2c(-n3nc(Nc4ccc(N5CCN(CC6CC6)[C@@H](C)C5)nc4)nc3N)nc(Cl)nc12. The van der Waals surface area contributed by atoms with Gasteiger partial charge >= 0.3 is 0 Å². The van der Waals surface area contributed by atoms with E-state index in [2.05, 4.69) is 47.1 Å². The highest BCUT2D eigenvalue weighted by atomic mass is 35.5. The number of hydrogen-bond acceptors (Lipinski definition) is 10. The quantitative estimate of drug-likeness (QED) is 0.373. The van der Waals surface area contributed by atoms with Crippen molar-refractivity contribution in [3.63, 3.8) is 0 Å². The monoisotopic (exact) mass is 510 g/mol. The molecule has 1 atom stereocenters. The molecule has 0 spiro atoms. The summed E-state index contributed by atoms with van der Waals surface area (Å²) in [6.07, 6.45) is 4.59. The second kappa shape index (κ2) is 8.89. The first kappa shape index (κ1) is 22.4. The molecule has 4 aromatic rings. The Hall–Kier alpha value is -3.02. The lowest BCUT2D eigenvalue weighted by Crippen LogP contribution is -2.52. The highest BCUT2D eigenvalue weighted by Crippen LogP contribution is 2.32. The zero-order valence-corrected chi connectivity index (χ0v) is 21.2. The van der Waals surface area contributed by atoms with Crippen LogP contribution in [0, 0.1) is 12.8 Å². The summed E-state index contributed by atoms with van der Waals surface area (Å²) in [6.45, 7) is 8.61. The van der Waals surface area contributed by atoms with Crippen LogP contribution in [0.15, 0.2) is 23.7 Å². The van der Waals surface area contributed by atoms with Crippen LogP contribution in [0.4, 0.5) is 23.4 Å². The number of nitrogens with zero attached hydrogens (tertiary/aromatic N) is 8. The summed E-state index contributed by atoms with van der Waals surface area (Å²) in [5.41, 5.74) is 8.77. The summed E-state index contributed by atoms with van der Waals surface area (Å²) in [7, 11) is 0. The van der Waals surface area contributed by atoms with Crippen LogP contribution in [0.3, 0.4) is 0 Å². The van der Waals surface area contributed by atoms with Crippen LogP contribution in [0.2, 0.25) is 5.28 Å². The van der Waals surface area contributed by atoms with Crippen molar-refractivity contribution in [2.75, 3.05) is 42.1 Å². The summed E-state index contributed by atoms with van der Waals surface area (Å²) in [4.78, 5) is 22.7. The zero-order valence-electron chi connectivity index (χ0n) is 19.6. The van der Waals surface area contributed by atoms with Crippen molar-refractivity contribution in [3.05, 3.63) is 34.6 Å². The minimum Gasteiger partial charge on any atom is -0.368 e. The third kappa shape index (κ3) is 4.51. The molecular weight excluding hydrogens is 484 g/mol. The first-order valence-electron chi connectivity index (χ1n) is 11.8. The van der Waals surface area contributed by atoms with Gasteiger partial charge in [-0.05, 0) is 67.3 Å². The van der Waals surface area contributed by atoms with Crippen LogP contribution in [-0.2, 0) is 0 Å². The van der Waals surface area contributed by atoms with Gasteiger partial charge in [-0.1, -0.05) is 0 Å². The van der Waals surface area contributed by atoms with Crippen LogP contribution >= 0.6 is 22.9 Å². The minimum absolute atomic E-state index is 0.140. The second-order valence-electron chi connectivity index (χ2n) is 9.38. The van der Waals surface area contributed by atoms with E-state index in [0.29, 0.717) is 17.8 Å². The Morgan fingerprint density at radius 1 is 1.20 bits per heavy atom. The molecule has 1 saturated heterocycles. The number of pyridine rings is 1. The molecule has 1 aliphatic carbocycles. The maximum Gasteiger partial charge on any atom is 0.248 e. The average molecular weight is 511 g/mol. The topological polar surface area (TPSA) is 114 Å². The van der Waals surface area contributed by atoms with Gasteiger partial charge in [-0.25, -0.2) is 9.97 Å². The number of hydrogen-bond donors (Lipinski definition) is 2. The maximum atomic E-state index is 6.18. The highest BCUT2D eigenvalue weighted by Gasteiger charge is 2.30. The Bertz CT molecular complexity index is 1360. The molecule has 12 heteroatoms. The maximum absolute atomic E-state index is 6.18. The predicted octanol–water partition coefficient (Wildman–Crippen LogP) is 3.88. The van der Waals surface area contributed by atoms with Crippen LogP contribution in [0.25, 0.3) is 16.0 Å². The van der Waals surface area contributed by atoms with E-state index in [4.69, 9.17) is 17.3 Å². The van der Waals surface area contributed by atoms with Gasteiger partial charge in [0.2, 0.25) is 17.2 Å². The van der Waals surface area contributed by atoms with Crippen molar-refractivity contribution < 1.29 is 0 Å². The van der Waals surface area contributed by atoms with E-state index in [1.807, 2.05) is 24.4 Å². The van der Waals surface area contributed by atoms with Crippen molar-refractivity contribution in [1.29, 1.82) is 0 Å². The predicted molar refractivity (Wildman–Crippen MR) is 140 cm³/mol. The standard InChI is InChI=1S/C23H27ClN10S/c1-13-12-35-19-18(13)28-21(24)29-20(19)34-22(25)30-23(31-34)27-16-5-6-17(26-9-16)33-8-7-32(14(2)10-33)11-15-3-4-15/h5-6,9,12,14-15H,3-4,7-8,10-11H2,1-2H3,(H3,25,27,30,31)/t14-/m0/s1. The number of nitrogens with two attached hydrogens (primary N) is 1.